The molecule has 1 spiro atoms. The number of aromatic nitrogens is 2. The fraction of sp³-hybridized carbons (Fsp3) is 0.545. The summed E-state index contributed by atoms with van der Waals surface area (Å²) >= 11 is 0. The minimum atomic E-state index is -0.0202. The van der Waals surface area contributed by atoms with Gasteiger partial charge in [-0.2, -0.15) is 5.10 Å². The number of carbonyl (C=O) groups excluding carboxylic acids is 1. The summed E-state index contributed by atoms with van der Waals surface area (Å²) in [6.45, 7) is 4.51. The number of nitrogens with zero attached hydrogens (tertiary/aromatic N) is 3. The lowest BCUT2D eigenvalue weighted by molar-refractivity contribution is 0.140. The fourth-order valence-corrected chi connectivity index (χ4v) is 5.19. The van der Waals surface area contributed by atoms with E-state index in [0.717, 1.165) is 36.4 Å². The number of ether oxygens (including phenoxy) is 2. The summed E-state index contributed by atoms with van der Waals surface area (Å²) in [4.78, 5) is 15.2. The Kier molecular flexibility index (Phi) is 4.41. The lowest BCUT2D eigenvalue weighted by Crippen LogP contribution is -2.51. The van der Waals surface area contributed by atoms with Crippen LogP contribution in [0.1, 0.15) is 55.3 Å². The van der Waals surface area contributed by atoms with E-state index in [4.69, 9.17) is 9.47 Å². The Hall–Kier alpha value is -2.70. The molecular weight excluding hydrogens is 368 g/mol. The normalized spacial score (nSPS) is 21.9. The third-order valence-corrected chi connectivity index (χ3v) is 6.70. The maximum absolute atomic E-state index is 13.2. The first-order valence-electron chi connectivity index (χ1n) is 10.5. The van der Waals surface area contributed by atoms with Gasteiger partial charge in [0.05, 0.1) is 12.2 Å². The smallest absolute Gasteiger partial charge is 0.318 e. The van der Waals surface area contributed by atoms with Crippen molar-refractivity contribution in [2.45, 2.75) is 50.6 Å². The zero-order valence-electron chi connectivity index (χ0n) is 17.1. The number of hydrogen-bond acceptors (Lipinski definition) is 4. The average molecular weight is 396 g/mol. The van der Waals surface area contributed by atoms with Crippen LogP contribution in [0.5, 0.6) is 11.5 Å². The van der Waals surface area contributed by atoms with Gasteiger partial charge in [0, 0.05) is 37.3 Å². The zero-order valence-corrected chi connectivity index (χ0v) is 17.1. The number of amides is 2. The monoisotopic (exact) mass is 396 g/mol. The van der Waals surface area contributed by atoms with Crippen molar-refractivity contribution in [1.29, 1.82) is 0 Å². The van der Waals surface area contributed by atoms with E-state index in [9.17, 15) is 4.79 Å². The van der Waals surface area contributed by atoms with Crippen LogP contribution in [0.15, 0.2) is 24.5 Å². The van der Waals surface area contributed by atoms with E-state index >= 15 is 0 Å². The van der Waals surface area contributed by atoms with Gasteiger partial charge in [0.2, 0.25) is 0 Å². The SMILES string of the molecule is C[C@@H]1c2cc3c(cc2C2(CCCC2)CN1C(=O)NCc1cnn(C)c1)OCCO3. The molecule has 1 aliphatic carbocycles. The molecule has 5 rings (SSSR count). The Morgan fingerprint density at radius 2 is 1.97 bits per heavy atom. The maximum atomic E-state index is 13.2. The first-order valence-corrected chi connectivity index (χ1v) is 10.5. The van der Waals surface area contributed by atoms with Crippen molar-refractivity contribution in [3.63, 3.8) is 0 Å². The number of nitrogens with one attached hydrogen (secondary N) is 1. The Morgan fingerprint density at radius 1 is 1.24 bits per heavy atom. The fourth-order valence-electron chi connectivity index (χ4n) is 5.19. The van der Waals surface area contributed by atoms with Gasteiger partial charge in [-0.05, 0) is 43.0 Å². The van der Waals surface area contributed by atoms with E-state index in [2.05, 4.69) is 29.5 Å². The summed E-state index contributed by atoms with van der Waals surface area (Å²) in [5, 5.41) is 7.27. The van der Waals surface area contributed by atoms with Gasteiger partial charge in [-0.1, -0.05) is 12.8 Å². The van der Waals surface area contributed by atoms with E-state index < -0.39 is 0 Å². The Labute approximate surface area is 171 Å². The summed E-state index contributed by atoms with van der Waals surface area (Å²) < 4.78 is 13.5. The molecule has 3 aliphatic rings. The van der Waals surface area contributed by atoms with Gasteiger partial charge in [-0.3, -0.25) is 4.68 Å². The van der Waals surface area contributed by atoms with Crippen LogP contribution >= 0.6 is 0 Å². The molecule has 0 unspecified atom stereocenters. The van der Waals surface area contributed by atoms with Crippen LogP contribution in [0.25, 0.3) is 0 Å². The molecule has 29 heavy (non-hydrogen) atoms. The molecule has 7 nitrogen and oxygen atoms in total. The Balaban J connectivity index is 1.45. The first kappa shape index (κ1) is 18.3. The molecule has 1 saturated carbocycles. The minimum Gasteiger partial charge on any atom is -0.486 e. The second-order valence-corrected chi connectivity index (χ2v) is 8.56. The largest absolute Gasteiger partial charge is 0.486 e. The van der Waals surface area contributed by atoms with Crippen LogP contribution in [-0.4, -0.2) is 40.5 Å². The van der Waals surface area contributed by atoms with Gasteiger partial charge in [0.15, 0.2) is 11.5 Å². The third kappa shape index (κ3) is 3.12. The van der Waals surface area contributed by atoms with Crippen molar-refractivity contribution in [3.05, 3.63) is 41.2 Å². The highest BCUT2D eigenvalue weighted by Gasteiger charge is 2.46. The van der Waals surface area contributed by atoms with Crippen LogP contribution in [0.2, 0.25) is 0 Å². The molecule has 1 aromatic carbocycles. The van der Waals surface area contributed by atoms with Crippen molar-refractivity contribution in [3.8, 4) is 11.5 Å². The van der Waals surface area contributed by atoms with Gasteiger partial charge in [0.25, 0.3) is 0 Å². The predicted molar refractivity (Wildman–Crippen MR) is 108 cm³/mol. The molecule has 1 atom stereocenters. The quantitative estimate of drug-likeness (QED) is 0.846. The number of hydrogen-bond donors (Lipinski definition) is 1. The molecule has 1 fully saturated rings. The maximum Gasteiger partial charge on any atom is 0.318 e. The zero-order chi connectivity index (χ0) is 20.0. The topological polar surface area (TPSA) is 68.6 Å². The number of fused-ring (bicyclic) bond motifs is 3. The van der Waals surface area contributed by atoms with Gasteiger partial charge in [-0.25, -0.2) is 4.79 Å². The number of benzene rings is 1. The summed E-state index contributed by atoms with van der Waals surface area (Å²) in [5.41, 5.74) is 3.56. The summed E-state index contributed by atoms with van der Waals surface area (Å²) in [6.07, 6.45) is 8.34. The van der Waals surface area contributed by atoms with Gasteiger partial charge in [-0.15, -0.1) is 0 Å². The van der Waals surface area contributed by atoms with Crippen LogP contribution < -0.4 is 14.8 Å². The van der Waals surface area contributed by atoms with Crippen molar-refractivity contribution in [1.82, 2.24) is 20.0 Å². The number of aryl methyl sites for hydroxylation is 1. The Bertz CT molecular complexity index is 932. The molecule has 2 aromatic rings. The average Bonchev–Trinajstić information content (AvgIpc) is 3.37. The van der Waals surface area contributed by atoms with Crippen LogP contribution in [0.3, 0.4) is 0 Å². The van der Waals surface area contributed by atoms with Gasteiger partial charge in [0.1, 0.15) is 13.2 Å². The third-order valence-electron chi connectivity index (χ3n) is 6.70. The first-order chi connectivity index (χ1) is 14.1. The highest BCUT2D eigenvalue weighted by atomic mass is 16.6. The van der Waals surface area contributed by atoms with Crippen molar-refractivity contribution >= 4 is 6.03 Å². The van der Waals surface area contributed by atoms with Crippen LogP contribution in [-0.2, 0) is 19.0 Å². The van der Waals surface area contributed by atoms with Gasteiger partial charge < -0.3 is 19.7 Å². The lowest BCUT2D eigenvalue weighted by Gasteiger charge is -2.46. The van der Waals surface area contributed by atoms with Crippen molar-refractivity contribution < 1.29 is 14.3 Å². The summed E-state index contributed by atoms with van der Waals surface area (Å²) in [6, 6.07) is 4.26. The molecule has 3 heterocycles. The molecule has 154 valence electrons. The Morgan fingerprint density at radius 3 is 2.66 bits per heavy atom. The highest BCUT2D eigenvalue weighted by Crippen LogP contribution is 2.51. The second kappa shape index (κ2) is 6.97. The highest BCUT2D eigenvalue weighted by molar-refractivity contribution is 5.76. The van der Waals surface area contributed by atoms with Gasteiger partial charge >= 0.3 is 6.03 Å². The number of rotatable bonds is 2. The van der Waals surface area contributed by atoms with Crippen molar-refractivity contribution in [2.75, 3.05) is 19.8 Å². The lowest BCUT2D eigenvalue weighted by atomic mass is 9.71. The van der Waals surface area contributed by atoms with E-state index in [1.54, 1.807) is 10.9 Å². The van der Waals surface area contributed by atoms with E-state index in [-0.39, 0.29) is 17.5 Å². The molecule has 2 aliphatic heterocycles. The van der Waals surface area contributed by atoms with Crippen LogP contribution in [0.4, 0.5) is 4.79 Å². The molecule has 0 bridgehead atoms. The van der Waals surface area contributed by atoms with Crippen LogP contribution in [0, 0.1) is 0 Å². The van der Waals surface area contributed by atoms with E-state index in [1.807, 2.05) is 18.1 Å². The standard InChI is InChI=1S/C22H28N4O3/c1-15-17-9-19-20(29-8-7-28-19)10-18(17)22(5-3-4-6-22)14-26(15)21(27)23-11-16-12-24-25(2)13-16/h9-10,12-13,15H,3-8,11,14H2,1-2H3,(H,23,27)/t15-/m1/s1. The summed E-state index contributed by atoms with van der Waals surface area (Å²) in [7, 11) is 1.88. The number of urea groups is 1. The van der Waals surface area contributed by atoms with E-state index in [0.29, 0.717) is 19.8 Å². The molecule has 1 aromatic heterocycles. The molecule has 2 amide bonds. The van der Waals surface area contributed by atoms with E-state index in [1.165, 1.54) is 24.0 Å². The van der Waals surface area contributed by atoms with Crippen molar-refractivity contribution in [2.24, 2.45) is 7.05 Å². The second-order valence-electron chi connectivity index (χ2n) is 8.56. The minimum absolute atomic E-state index is 0.0130. The molecule has 7 heteroatoms. The number of carbonyl (C=O) groups is 1. The molecule has 0 saturated heterocycles. The predicted octanol–water partition coefficient (Wildman–Crippen LogP) is 3.29. The molecular formula is C22H28N4O3. The molecule has 0 radical (unpaired) electrons. The summed E-state index contributed by atoms with van der Waals surface area (Å²) in [5.74, 6) is 1.65. The molecule has 1 N–H and O–H groups in total.